The van der Waals surface area contributed by atoms with Gasteiger partial charge >= 0.3 is 0 Å². The largest absolute Gasteiger partial charge is 0.485 e. The van der Waals surface area contributed by atoms with Crippen LogP contribution < -0.4 is 10.1 Å². The summed E-state index contributed by atoms with van der Waals surface area (Å²) in [6.45, 7) is 6.12. The molecular weight excluding hydrogens is 336 g/mol. The molecule has 142 valence electrons. The summed E-state index contributed by atoms with van der Waals surface area (Å²) in [5.41, 5.74) is 3.90. The number of ether oxygens (including phenoxy) is 1. The number of allylic oxidation sites excluding steroid dienone is 2. The first-order valence-electron chi connectivity index (χ1n) is 9.59. The van der Waals surface area contributed by atoms with Crippen LogP contribution in [0, 0.1) is 0 Å². The van der Waals surface area contributed by atoms with Gasteiger partial charge in [0.1, 0.15) is 11.9 Å². The van der Waals surface area contributed by atoms with Gasteiger partial charge in [0.15, 0.2) is 0 Å². The van der Waals surface area contributed by atoms with Gasteiger partial charge in [0, 0.05) is 41.7 Å². The van der Waals surface area contributed by atoms with E-state index < -0.39 is 0 Å². The van der Waals surface area contributed by atoms with Gasteiger partial charge in [-0.3, -0.25) is 9.78 Å². The number of hydrogen-bond donors (Lipinski definition) is 1. The molecule has 3 rings (SSSR count). The highest BCUT2D eigenvalue weighted by Crippen LogP contribution is 2.36. The lowest BCUT2D eigenvalue weighted by molar-refractivity contribution is -0.105. The zero-order valence-electron chi connectivity index (χ0n) is 16.3. The number of amides is 1. The molecule has 1 aromatic carbocycles. The van der Waals surface area contributed by atoms with Crippen LogP contribution in [-0.2, 0) is 11.2 Å². The van der Waals surface area contributed by atoms with E-state index in [1.54, 1.807) is 6.20 Å². The van der Waals surface area contributed by atoms with E-state index in [0.29, 0.717) is 6.41 Å². The van der Waals surface area contributed by atoms with Crippen molar-refractivity contribution in [3.05, 3.63) is 66.5 Å². The summed E-state index contributed by atoms with van der Waals surface area (Å²) in [5.74, 6) is 0.752. The lowest BCUT2D eigenvalue weighted by atomic mass is 9.99. The van der Waals surface area contributed by atoms with Gasteiger partial charge in [0.25, 0.3) is 0 Å². The van der Waals surface area contributed by atoms with Gasteiger partial charge in [-0.2, -0.15) is 0 Å². The van der Waals surface area contributed by atoms with Crippen LogP contribution in [0.15, 0.2) is 61.0 Å². The fourth-order valence-corrected chi connectivity index (χ4v) is 2.95. The van der Waals surface area contributed by atoms with Gasteiger partial charge in [-0.15, -0.1) is 0 Å². The minimum absolute atomic E-state index is 0.0125. The zero-order valence-corrected chi connectivity index (χ0v) is 16.3. The van der Waals surface area contributed by atoms with Crippen molar-refractivity contribution >= 4 is 12.1 Å². The van der Waals surface area contributed by atoms with Gasteiger partial charge in [-0.25, -0.2) is 0 Å². The number of aryl methyl sites for hydroxylation is 1. The van der Waals surface area contributed by atoms with E-state index in [2.05, 4.69) is 29.4 Å². The normalized spacial score (nSPS) is 14.9. The standard InChI is InChI=1S/C21H22N2O2.C2H6/c1-2-7-16-12-19(17-8-6-11-22-14-17)21(13-20(16)23-15-24)25-18-9-4-3-5-10-18;1-2/h3-6,8-9,11-15,18H,2,7,10H2,1H3,(H,23,24);1-2H3. The monoisotopic (exact) mass is 364 g/mol. The Hall–Kier alpha value is -2.88. The minimum Gasteiger partial charge on any atom is -0.485 e. The Kier molecular flexibility index (Phi) is 8.30. The van der Waals surface area contributed by atoms with Crippen molar-refractivity contribution in [2.24, 2.45) is 0 Å². The van der Waals surface area contributed by atoms with Crippen molar-refractivity contribution < 1.29 is 9.53 Å². The Morgan fingerprint density at radius 1 is 1.30 bits per heavy atom. The number of pyridine rings is 1. The fraction of sp³-hybridized carbons (Fsp3) is 0.304. The third-order valence-corrected chi connectivity index (χ3v) is 4.13. The molecule has 1 aliphatic carbocycles. The Morgan fingerprint density at radius 2 is 2.15 bits per heavy atom. The molecule has 1 unspecified atom stereocenters. The maximum Gasteiger partial charge on any atom is 0.211 e. The number of rotatable bonds is 7. The summed E-state index contributed by atoms with van der Waals surface area (Å²) in [6, 6.07) is 7.96. The topological polar surface area (TPSA) is 51.2 Å². The molecule has 1 atom stereocenters. The number of anilines is 1. The van der Waals surface area contributed by atoms with Gasteiger partial charge in [0.2, 0.25) is 6.41 Å². The Bertz CT molecular complexity index is 782. The number of carbonyl (C=O) groups excluding carboxylic acids is 1. The number of nitrogens with zero attached hydrogens (tertiary/aromatic N) is 1. The fourth-order valence-electron chi connectivity index (χ4n) is 2.95. The van der Waals surface area contributed by atoms with Crippen LogP contribution in [0.4, 0.5) is 5.69 Å². The molecule has 0 saturated heterocycles. The predicted octanol–water partition coefficient (Wildman–Crippen LogP) is 5.56. The van der Waals surface area contributed by atoms with Crippen molar-refractivity contribution in [3.63, 3.8) is 0 Å². The first-order chi connectivity index (χ1) is 13.3. The summed E-state index contributed by atoms with van der Waals surface area (Å²) in [4.78, 5) is 15.2. The van der Waals surface area contributed by atoms with Gasteiger partial charge < -0.3 is 10.1 Å². The molecule has 0 fully saturated rings. The molecule has 1 aliphatic rings. The van der Waals surface area contributed by atoms with E-state index in [4.69, 9.17) is 4.74 Å². The second-order valence-electron chi connectivity index (χ2n) is 5.96. The van der Waals surface area contributed by atoms with Crippen LogP contribution in [0.1, 0.15) is 39.2 Å². The maximum atomic E-state index is 11.0. The highest BCUT2D eigenvalue weighted by molar-refractivity contribution is 5.80. The quantitative estimate of drug-likeness (QED) is 0.655. The number of carbonyl (C=O) groups is 1. The molecular formula is C23H28N2O2. The molecule has 0 aliphatic heterocycles. The predicted molar refractivity (Wildman–Crippen MR) is 112 cm³/mol. The number of aromatic nitrogens is 1. The summed E-state index contributed by atoms with van der Waals surface area (Å²) in [7, 11) is 0. The van der Waals surface area contributed by atoms with Crippen molar-refractivity contribution in [2.75, 3.05) is 5.32 Å². The second kappa shape index (κ2) is 11.0. The van der Waals surface area contributed by atoms with Crippen LogP contribution in [0.5, 0.6) is 5.75 Å². The molecule has 4 heteroatoms. The van der Waals surface area contributed by atoms with Gasteiger partial charge in [-0.05, 0) is 30.2 Å². The summed E-state index contributed by atoms with van der Waals surface area (Å²) in [6.07, 6.45) is 15.1. The Morgan fingerprint density at radius 3 is 2.78 bits per heavy atom. The third-order valence-electron chi connectivity index (χ3n) is 4.13. The van der Waals surface area contributed by atoms with E-state index in [9.17, 15) is 4.79 Å². The Balaban J connectivity index is 0.00000126. The minimum atomic E-state index is -0.0125. The molecule has 1 heterocycles. The van der Waals surface area contributed by atoms with Crippen molar-refractivity contribution in [1.29, 1.82) is 0 Å². The molecule has 0 saturated carbocycles. The van der Waals surface area contributed by atoms with Crippen LogP contribution in [-0.4, -0.2) is 17.5 Å². The molecule has 1 N–H and O–H groups in total. The van der Waals surface area contributed by atoms with Crippen LogP contribution >= 0.6 is 0 Å². The molecule has 0 radical (unpaired) electrons. The molecule has 27 heavy (non-hydrogen) atoms. The average Bonchev–Trinajstić information content (AvgIpc) is 2.73. The lowest BCUT2D eigenvalue weighted by Crippen LogP contribution is -2.15. The number of benzene rings is 1. The zero-order chi connectivity index (χ0) is 19.5. The Labute approximate surface area is 162 Å². The maximum absolute atomic E-state index is 11.0. The van der Waals surface area contributed by atoms with Gasteiger partial charge in [0.05, 0.1) is 0 Å². The number of nitrogens with one attached hydrogen (secondary N) is 1. The lowest BCUT2D eigenvalue weighted by Gasteiger charge is -2.21. The van der Waals surface area contributed by atoms with Crippen molar-refractivity contribution in [3.8, 4) is 16.9 Å². The summed E-state index contributed by atoms with van der Waals surface area (Å²) in [5, 5.41) is 2.81. The van der Waals surface area contributed by atoms with Gasteiger partial charge in [-0.1, -0.05) is 51.5 Å². The third kappa shape index (κ3) is 5.55. The smallest absolute Gasteiger partial charge is 0.211 e. The number of hydrogen-bond acceptors (Lipinski definition) is 3. The van der Waals surface area contributed by atoms with Crippen molar-refractivity contribution in [1.82, 2.24) is 4.98 Å². The van der Waals surface area contributed by atoms with E-state index in [0.717, 1.165) is 47.4 Å². The van der Waals surface area contributed by atoms with Crippen LogP contribution in [0.25, 0.3) is 11.1 Å². The van der Waals surface area contributed by atoms with Crippen molar-refractivity contribution in [2.45, 2.75) is 46.1 Å². The summed E-state index contributed by atoms with van der Waals surface area (Å²) >= 11 is 0. The molecule has 1 aromatic heterocycles. The highest BCUT2D eigenvalue weighted by Gasteiger charge is 2.16. The molecule has 4 nitrogen and oxygen atoms in total. The van der Waals surface area contributed by atoms with E-state index in [1.807, 2.05) is 56.5 Å². The molecule has 0 spiro atoms. The summed E-state index contributed by atoms with van der Waals surface area (Å²) < 4.78 is 6.24. The molecule has 1 amide bonds. The van der Waals surface area contributed by atoms with Crippen LogP contribution in [0.2, 0.25) is 0 Å². The van der Waals surface area contributed by atoms with Crippen LogP contribution in [0.3, 0.4) is 0 Å². The van der Waals surface area contributed by atoms with E-state index in [1.165, 1.54) is 0 Å². The van der Waals surface area contributed by atoms with E-state index >= 15 is 0 Å². The van der Waals surface area contributed by atoms with E-state index in [-0.39, 0.29) is 6.10 Å². The first-order valence-corrected chi connectivity index (χ1v) is 9.59. The highest BCUT2D eigenvalue weighted by atomic mass is 16.5. The first kappa shape index (κ1) is 20.4. The average molecular weight is 364 g/mol. The second-order valence-corrected chi connectivity index (χ2v) is 5.96. The molecule has 0 bridgehead atoms. The SMILES string of the molecule is CC.CCCc1cc(-c2cccnc2)c(OC2C=CC=CC2)cc1NC=O. The molecule has 2 aromatic rings.